The first-order chi connectivity index (χ1) is 13.4. The summed E-state index contributed by atoms with van der Waals surface area (Å²) in [6.07, 6.45) is 1.86. The van der Waals surface area contributed by atoms with Crippen LogP contribution in [0.4, 0.5) is 0 Å². The summed E-state index contributed by atoms with van der Waals surface area (Å²) in [7, 11) is 0. The molecule has 9 nitrogen and oxygen atoms in total. The van der Waals surface area contributed by atoms with Crippen molar-refractivity contribution in [2.45, 2.75) is 50.2 Å². The number of aliphatic carboxylic acids is 1. The van der Waals surface area contributed by atoms with E-state index in [1.807, 2.05) is 30.3 Å². The topological polar surface area (TPSA) is 174 Å². The van der Waals surface area contributed by atoms with Crippen molar-refractivity contribution in [3.63, 3.8) is 0 Å². The first-order valence-corrected chi connectivity index (χ1v) is 9.42. The molecule has 9 heteroatoms. The highest BCUT2D eigenvalue weighted by atomic mass is 16.4. The summed E-state index contributed by atoms with van der Waals surface area (Å²) >= 11 is 0. The molecule has 1 aromatic carbocycles. The van der Waals surface area contributed by atoms with Gasteiger partial charge in [0.15, 0.2) is 0 Å². The number of hydrogen-bond donors (Lipinski definition) is 6. The number of carbonyl (C=O) groups is 3. The van der Waals surface area contributed by atoms with Crippen LogP contribution in [0.15, 0.2) is 30.3 Å². The molecule has 156 valence electrons. The molecule has 0 bridgehead atoms. The van der Waals surface area contributed by atoms with Crippen molar-refractivity contribution in [3.8, 4) is 0 Å². The molecule has 0 unspecified atom stereocenters. The van der Waals surface area contributed by atoms with Crippen molar-refractivity contribution in [1.29, 1.82) is 0 Å². The minimum absolute atomic E-state index is 0.208. The van der Waals surface area contributed by atoms with Crippen LogP contribution in [0.2, 0.25) is 0 Å². The quantitative estimate of drug-likeness (QED) is 0.251. The average molecular weight is 393 g/mol. The molecule has 9 N–H and O–H groups in total. The number of nitrogens with two attached hydrogens (primary N) is 3. The van der Waals surface area contributed by atoms with Gasteiger partial charge in [-0.2, -0.15) is 0 Å². The highest BCUT2D eigenvalue weighted by molar-refractivity contribution is 5.91. The molecule has 0 heterocycles. The Morgan fingerprint density at radius 1 is 0.893 bits per heavy atom. The van der Waals surface area contributed by atoms with E-state index >= 15 is 0 Å². The van der Waals surface area contributed by atoms with Gasteiger partial charge in [-0.25, -0.2) is 4.79 Å². The maximum absolute atomic E-state index is 12.7. The zero-order valence-corrected chi connectivity index (χ0v) is 16.0. The Bertz CT molecular complexity index is 626. The third-order valence-electron chi connectivity index (χ3n) is 4.28. The van der Waals surface area contributed by atoms with Gasteiger partial charge >= 0.3 is 5.97 Å². The summed E-state index contributed by atoms with van der Waals surface area (Å²) in [5.74, 6) is -2.20. The van der Waals surface area contributed by atoms with Crippen molar-refractivity contribution >= 4 is 17.8 Å². The van der Waals surface area contributed by atoms with Gasteiger partial charge in [0.05, 0.1) is 6.04 Å². The van der Waals surface area contributed by atoms with E-state index in [4.69, 9.17) is 17.2 Å². The van der Waals surface area contributed by atoms with Crippen molar-refractivity contribution in [2.75, 3.05) is 13.1 Å². The molecule has 1 aromatic rings. The van der Waals surface area contributed by atoms with Crippen LogP contribution in [0.1, 0.15) is 31.2 Å². The van der Waals surface area contributed by atoms with Crippen LogP contribution in [-0.2, 0) is 20.8 Å². The van der Waals surface area contributed by atoms with Crippen molar-refractivity contribution in [2.24, 2.45) is 17.2 Å². The van der Waals surface area contributed by atoms with Crippen molar-refractivity contribution in [1.82, 2.24) is 10.6 Å². The van der Waals surface area contributed by atoms with Crippen LogP contribution >= 0.6 is 0 Å². The third-order valence-corrected chi connectivity index (χ3v) is 4.28. The lowest BCUT2D eigenvalue weighted by Gasteiger charge is -2.23. The first-order valence-electron chi connectivity index (χ1n) is 9.42. The van der Waals surface area contributed by atoms with E-state index in [2.05, 4.69) is 10.6 Å². The van der Waals surface area contributed by atoms with Crippen LogP contribution in [0.5, 0.6) is 0 Å². The van der Waals surface area contributed by atoms with Crippen molar-refractivity contribution < 1.29 is 19.5 Å². The standard InChI is InChI=1S/C19H31N5O4/c20-10-4-8-14(22)17(25)24-16(12-13-6-2-1-3-7-13)18(26)23-15(19(27)28)9-5-11-21/h1-3,6-7,14-16H,4-5,8-12,20-22H2,(H,23,26)(H,24,25)(H,27,28)/t14-,15-,16-/m0/s1. The van der Waals surface area contributed by atoms with Gasteiger partial charge in [0.25, 0.3) is 0 Å². The second-order valence-corrected chi connectivity index (χ2v) is 6.62. The summed E-state index contributed by atoms with van der Waals surface area (Å²) in [6.45, 7) is 0.732. The molecule has 0 aliphatic carbocycles. The number of carbonyl (C=O) groups excluding carboxylic acids is 2. The molecule has 0 saturated carbocycles. The summed E-state index contributed by atoms with van der Waals surface area (Å²) < 4.78 is 0. The number of carboxylic acids is 1. The number of benzene rings is 1. The summed E-state index contributed by atoms with van der Waals surface area (Å²) in [4.78, 5) is 36.5. The normalized spacial score (nSPS) is 14.0. The Labute approximate surface area is 165 Å². The average Bonchev–Trinajstić information content (AvgIpc) is 2.68. The molecule has 0 aromatic heterocycles. The van der Waals surface area contributed by atoms with E-state index in [1.54, 1.807) is 0 Å². The smallest absolute Gasteiger partial charge is 0.326 e. The third kappa shape index (κ3) is 8.47. The van der Waals surface area contributed by atoms with Gasteiger partial charge in [0.2, 0.25) is 11.8 Å². The predicted octanol–water partition coefficient (Wildman–Crippen LogP) is -0.912. The molecule has 0 saturated heterocycles. The Hall–Kier alpha value is -2.49. The number of rotatable bonds is 13. The van der Waals surface area contributed by atoms with E-state index in [0.29, 0.717) is 32.4 Å². The van der Waals surface area contributed by atoms with E-state index in [-0.39, 0.29) is 12.8 Å². The van der Waals surface area contributed by atoms with E-state index in [0.717, 1.165) is 5.56 Å². The van der Waals surface area contributed by atoms with Gasteiger partial charge in [0.1, 0.15) is 12.1 Å². The second-order valence-electron chi connectivity index (χ2n) is 6.62. The monoisotopic (exact) mass is 393 g/mol. The minimum Gasteiger partial charge on any atom is -0.480 e. The number of hydrogen-bond acceptors (Lipinski definition) is 6. The Morgan fingerprint density at radius 2 is 1.46 bits per heavy atom. The van der Waals surface area contributed by atoms with Gasteiger partial charge in [-0.05, 0) is 44.3 Å². The highest BCUT2D eigenvalue weighted by Crippen LogP contribution is 2.06. The second kappa shape index (κ2) is 12.8. The fourth-order valence-electron chi connectivity index (χ4n) is 2.66. The van der Waals surface area contributed by atoms with Gasteiger partial charge in [0, 0.05) is 6.42 Å². The molecular formula is C19H31N5O4. The van der Waals surface area contributed by atoms with Gasteiger partial charge in [-0.1, -0.05) is 30.3 Å². The lowest BCUT2D eigenvalue weighted by atomic mass is 10.0. The minimum atomic E-state index is -1.15. The van der Waals surface area contributed by atoms with Gasteiger partial charge in [-0.15, -0.1) is 0 Å². The summed E-state index contributed by atoms with van der Waals surface area (Å²) in [5.41, 5.74) is 17.5. The summed E-state index contributed by atoms with van der Waals surface area (Å²) in [5, 5.41) is 14.4. The van der Waals surface area contributed by atoms with E-state index < -0.39 is 35.9 Å². The van der Waals surface area contributed by atoms with E-state index in [1.165, 1.54) is 0 Å². The largest absolute Gasteiger partial charge is 0.480 e. The predicted molar refractivity (Wildman–Crippen MR) is 106 cm³/mol. The van der Waals surface area contributed by atoms with E-state index in [9.17, 15) is 19.5 Å². The van der Waals surface area contributed by atoms with Crippen LogP contribution in [0, 0.1) is 0 Å². The van der Waals surface area contributed by atoms with Crippen LogP contribution in [0.25, 0.3) is 0 Å². The van der Waals surface area contributed by atoms with Gasteiger partial charge < -0.3 is 32.9 Å². The molecule has 0 aliphatic heterocycles. The van der Waals surface area contributed by atoms with Gasteiger partial charge in [-0.3, -0.25) is 9.59 Å². The number of carboxylic acid groups (broad SMARTS) is 1. The molecule has 28 heavy (non-hydrogen) atoms. The molecule has 3 atom stereocenters. The molecule has 0 aliphatic rings. The highest BCUT2D eigenvalue weighted by Gasteiger charge is 2.27. The van der Waals surface area contributed by atoms with Crippen LogP contribution < -0.4 is 27.8 Å². The molecule has 2 amide bonds. The fraction of sp³-hybridized carbons (Fsp3) is 0.526. The summed E-state index contributed by atoms with van der Waals surface area (Å²) in [6, 6.07) is 6.32. The first kappa shape index (κ1) is 23.5. The Kier molecular flexibility index (Phi) is 10.8. The maximum Gasteiger partial charge on any atom is 0.326 e. The Morgan fingerprint density at radius 3 is 2.04 bits per heavy atom. The van der Waals surface area contributed by atoms with Crippen molar-refractivity contribution in [3.05, 3.63) is 35.9 Å². The number of amides is 2. The Balaban J connectivity index is 2.87. The number of nitrogens with one attached hydrogen (secondary N) is 2. The fourth-order valence-corrected chi connectivity index (χ4v) is 2.66. The molecular weight excluding hydrogens is 362 g/mol. The maximum atomic E-state index is 12.7. The molecule has 1 rings (SSSR count). The zero-order valence-electron chi connectivity index (χ0n) is 16.0. The lowest BCUT2D eigenvalue weighted by Crippen LogP contribution is -2.55. The van der Waals surface area contributed by atoms with Crippen LogP contribution in [0.3, 0.4) is 0 Å². The SMILES string of the molecule is NCCC[C@H](NC(=O)[C@H](Cc1ccccc1)NC(=O)[C@@H](N)CCCN)C(=O)O. The molecule has 0 radical (unpaired) electrons. The molecule has 0 spiro atoms. The molecule has 0 fully saturated rings. The van der Waals surface area contributed by atoms with Crippen LogP contribution in [-0.4, -0.2) is 54.1 Å². The lowest BCUT2D eigenvalue weighted by molar-refractivity contribution is -0.142. The zero-order chi connectivity index (χ0) is 20.9.